The number of hydrogen-bond acceptors (Lipinski definition) is 4. The monoisotopic (exact) mass is 348 g/mol. The Bertz CT molecular complexity index is 530. The Morgan fingerprint density at radius 2 is 2.00 bits per heavy atom. The summed E-state index contributed by atoms with van der Waals surface area (Å²) in [5.74, 6) is 0.719. The van der Waals surface area contributed by atoms with Gasteiger partial charge in [-0.2, -0.15) is 0 Å². The van der Waals surface area contributed by atoms with Crippen LogP contribution in [0.25, 0.3) is 0 Å². The second kappa shape index (κ2) is 9.78. The molecule has 25 heavy (non-hydrogen) atoms. The summed E-state index contributed by atoms with van der Waals surface area (Å²) in [4.78, 5) is 15.3. The number of ether oxygens (including phenoxy) is 1. The maximum Gasteiger partial charge on any atom is 0.317 e. The topological polar surface area (TPSA) is 53.0 Å². The molecule has 0 amide bonds. The minimum absolute atomic E-state index is 0.127. The summed E-state index contributed by atoms with van der Waals surface area (Å²) in [6.07, 6.45) is 3.21. The molecule has 1 aliphatic heterocycles. The van der Waals surface area contributed by atoms with E-state index in [-0.39, 0.29) is 6.54 Å². The first-order valence-electron chi connectivity index (χ1n) is 9.30. The number of benzene rings is 1. The standard InChI is InChI=1S/C20H32N2O3/c1-16(2)15-25-19-8-6-17(7-9-19)13-22-11-4-5-18(10-12-22)21(3)14-20(23)24/h6-9,16,18H,4-5,10-15H2,1-3H3,(H,23,24). The molecule has 0 spiro atoms. The largest absolute Gasteiger partial charge is 0.493 e. The third kappa shape index (κ3) is 7.04. The Balaban J connectivity index is 1.81. The van der Waals surface area contributed by atoms with E-state index in [0.717, 1.165) is 51.3 Å². The summed E-state index contributed by atoms with van der Waals surface area (Å²) < 4.78 is 5.74. The highest BCUT2D eigenvalue weighted by molar-refractivity contribution is 5.69. The Labute approximate surface area is 151 Å². The number of hydrogen-bond donors (Lipinski definition) is 1. The van der Waals surface area contributed by atoms with Crippen LogP contribution in [0.2, 0.25) is 0 Å². The molecule has 5 heteroatoms. The van der Waals surface area contributed by atoms with Gasteiger partial charge in [-0.25, -0.2) is 0 Å². The Kier molecular flexibility index (Phi) is 7.72. The van der Waals surface area contributed by atoms with Crippen molar-refractivity contribution in [1.82, 2.24) is 9.80 Å². The molecule has 1 atom stereocenters. The Morgan fingerprint density at radius 1 is 1.28 bits per heavy atom. The van der Waals surface area contributed by atoms with Gasteiger partial charge in [0.2, 0.25) is 0 Å². The summed E-state index contributed by atoms with van der Waals surface area (Å²) >= 11 is 0. The molecule has 1 aliphatic rings. The molecule has 1 aromatic carbocycles. The van der Waals surface area contributed by atoms with Crippen molar-refractivity contribution in [3.63, 3.8) is 0 Å². The maximum absolute atomic E-state index is 10.9. The first kappa shape index (κ1) is 19.7. The summed E-state index contributed by atoms with van der Waals surface area (Å²) in [6, 6.07) is 8.77. The average molecular weight is 348 g/mol. The summed E-state index contributed by atoms with van der Waals surface area (Å²) in [5.41, 5.74) is 1.30. The quantitative estimate of drug-likeness (QED) is 0.782. The lowest BCUT2D eigenvalue weighted by Gasteiger charge is -2.25. The fraction of sp³-hybridized carbons (Fsp3) is 0.650. The van der Waals surface area contributed by atoms with E-state index in [9.17, 15) is 4.79 Å². The lowest BCUT2D eigenvalue weighted by molar-refractivity contribution is -0.138. The number of rotatable bonds is 8. The van der Waals surface area contributed by atoms with Crippen LogP contribution in [0.5, 0.6) is 5.75 Å². The van der Waals surface area contributed by atoms with Crippen LogP contribution in [-0.4, -0.2) is 60.2 Å². The molecule has 140 valence electrons. The lowest BCUT2D eigenvalue weighted by Crippen LogP contribution is -2.36. The zero-order valence-electron chi connectivity index (χ0n) is 15.8. The van der Waals surface area contributed by atoms with Crippen LogP contribution < -0.4 is 4.74 Å². The third-order valence-electron chi connectivity index (χ3n) is 4.71. The molecule has 0 radical (unpaired) electrons. The molecule has 2 rings (SSSR count). The second-order valence-corrected chi connectivity index (χ2v) is 7.52. The van der Waals surface area contributed by atoms with Crippen LogP contribution in [-0.2, 0) is 11.3 Å². The van der Waals surface area contributed by atoms with Crippen molar-refractivity contribution in [3.8, 4) is 5.75 Å². The molecule has 0 aromatic heterocycles. The number of nitrogens with zero attached hydrogens (tertiary/aromatic N) is 2. The van der Waals surface area contributed by atoms with Crippen LogP contribution >= 0.6 is 0 Å². The molecule has 1 heterocycles. The predicted molar refractivity (Wildman–Crippen MR) is 100.0 cm³/mol. The number of carboxylic acids is 1. The molecule has 1 unspecified atom stereocenters. The summed E-state index contributed by atoms with van der Waals surface area (Å²) in [5, 5.41) is 8.96. The minimum Gasteiger partial charge on any atom is -0.493 e. The van der Waals surface area contributed by atoms with Crippen LogP contribution in [0, 0.1) is 5.92 Å². The van der Waals surface area contributed by atoms with E-state index in [4.69, 9.17) is 9.84 Å². The van der Waals surface area contributed by atoms with Gasteiger partial charge in [0.1, 0.15) is 5.75 Å². The molecule has 1 fully saturated rings. The van der Waals surface area contributed by atoms with E-state index >= 15 is 0 Å². The molecule has 5 nitrogen and oxygen atoms in total. The predicted octanol–water partition coefficient (Wildman–Crippen LogP) is 3.09. The first-order valence-corrected chi connectivity index (χ1v) is 9.30. The van der Waals surface area contributed by atoms with Crippen molar-refractivity contribution < 1.29 is 14.6 Å². The van der Waals surface area contributed by atoms with Gasteiger partial charge in [0, 0.05) is 12.6 Å². The van der Waals surface area contributed by atoms with E-state index in [1.807, 2.05) is 11.9 Å². The molecule has 1 N–H and O–H groups in total. The highest BCUT2D eigenvalue weighted by Crippen LogP contribution is 2.19. The van der Waals surface area contributed by atoms with Crippen LogP contribution in [0.3, 0.4) is 0 Å². The van der Waals surface area contributed by atoms with Gasteiger partial charge in [0.05, 0.1) is 13.2 Å². The number of aliphatic carboxylic acids is 1. The van der Waals surface area contributed by atoms with E-state index in [2.05, 4.69) is 43.0 Å². The molecule has 0 bridgehead atoms. The fourth-order valence-corrected chi connectivity index (χ4v) is 3.29. The van der Waals surface area contributed by atoms with Gasteiger partial charge in [-0.1, -0.05) is 26.0 Å². The van der Waals surface area contributed by atoms with Gasteiger partial charge in [-0.15, -0.1) is 0 Å². The number of likely N-dealkylation sites (tertiary alicyclic amines) is 1. The van der Waals surface area contributed by atoms with Crippen molar-refractivity contribution in [2.24, 2.45) is 5.92 Å². The Hall–Kier alpha value is -1.59. The first-order chi connectivity index (χ1) is 11.9. The normalized spacial score (nSPS) is 19.2. The van der Waals surface area contributed by atoms with Gasteiger partial charge in [0.25, 0.3) is 0 Å². The van der Waals surface area contributed by atoms with Crippen molar-refractivity contribution in [2.45, 2.75) is 45.7 Å². The lowest BCUT2D eigenvalue weighted by atomic mass is 10.1. The van der Waals surface area contributed by atoms with E-state index in [0.29, 0.717) is 12.0 Å². The minimum atomic E-state index is -0.747. The van der Waals surface area contributed by atoms with E-state index < -0.39 is 5.97 Å². The molecular weight excluding hydrogens is 316 g/mol. The van der Waals surface area contributed by atoms with E-state index in [1.54, 1.807) is 0 Å². The van der Waals surface area contributed by atoms with Crippen molar-refractivity contribution in [3.05, 3.63) is 29.8 Å². The maximum atomic E-state index is 10.9. The highest BCUT2D eigenvalue weighted by atomic mass is 16.5. The third-order valence-corrected chi connectivity index (χ3v) is 4.71. The van der Waals surface area contributed by atoms with Gasteiger partial charge in [0.15, 0.2) is 0 Å². The number of carboxylic acid groups (broad SMARTS) is 1. The highest BCUT2D eigenvalue weighted by Gasteiger charge is 2.21. The zero-order valence-corrected chi connectivity index (χ0v) is 15.8. The molecule has 0 aliphatic carbocycles. The summed E-state index contributed by atoms with van der Waals surface area (Å²) in [6.45, 7) is 8.20. The van der Waals surface area contributed by atoms with Gasteiger partial charge in [-0.3, -0.25) is 14.6 Å². The van der Waals surface area contributed by atoms with Crippen molar-refractivity contribution in [1.29, 1.82) is 0 Å². The van der Waals surface area contributed by atoms with Crippen molar-refractivity contribution >= 4 is 5.97 Å². The summed E-state index contributed by atoms with van der Waals surface area (Å²) in [7, 11) is 1.92. The SMILES string of the molecule is CC(C)COc1ccc(CN2CCCC(N(C)CC(=O)O)CC2)cc1. The van der Waals surface area contributed by atoms with Gasteiger partial charge >= 0.3 is 5.97 Å². The van der Waals surface area contributed by atoms with Gasteiger partial charge in [-0.05, 0) is 63.0 Å². The van der Waals surface area contributed by atoms with Crippen LogP contribution in [0.15, 0.2) is 24.3 Å². The second-order valence-electron chi connectivity index (χ2n) is 7.52. The molecule has 0 saturated carbocycles. The molecule has 1 saturated heterocycles. The smallest absolute Gasteiger partial charge is 0.317 e. The molecular formula is C20H32N2O3. The molecule has 1 aromatic rings. The number of likely N-dealkylation sites (N-methyl/N-ethyl adjacent to an activating group) is 1. The van der Waals surface area contributed by atoms with E-state index in [1.165, 1.54) is 5.56 Å². The Morgan fingerprint density at radius 3 is 2.64 bits per heavy atom. The van der Waals surface area contributed by atoms with Gasteiger partial charge < -0.3 is 9.84 Å². The van der Waals surface area contributed by atoms with Crippen LogP contribution in [0.4, 0.5) is 0 Å². The zero-order chi connectivity index (χ0) is 18.2. The average Bonchev–Trinajstić information content (AvgIpc) is 2.79. The fourth-order valence-electron chi connectivity index (χ4n) is 3.29. The van der Waals surface area contributed by atoms with Crippen molar-refractivity contribution in [2.75, 3.05) is 33.3 Å². The van der Waals surface area contributed by atoms with Crippen LogP contribution in [0.1, 0.15) is 38.7 Å². The number of carbonyl (C=O) groups is 1.